The van der Waals surface area contributed by atoms with Crippen molar-refractivity contribution in [3.8, 4) is 5.75 Å². The molecule has 2 N–H and O–H groups in total. The van der Waals surface area contributed by atoms with E-state index in [1.165, 1.54) is 6.07 Å². The molecule has 1 heterocycles. The first-order chi connectivity index (χ1) is 14.6. The number of nitrogens with one attached hydrogen (secondary N) is 2. The molecule has 1 aliphatic carbocycles. The molecule has 0 aliphatic heterocycles. The second-order valence-electron chi connectivity index (χ2n) is 7.20. The predicted octanol–water partition coefficient (Wildman–Crippen LogP) is 3.92. The minimum absolute atomic E-state index is 0.113. The average molecular weight is 406 g/mol. The fourth-order valence-corrected chi connectivity index (χ4v) is 3.14. The van der Waals surface area contributed by atoms with Crippen LogP contribution in [-0.4, -0.2) is 35.0 Å². The maximum absolute atomic E-state index is 12.1. The van der Waals surface area contributed by atoms with Crippen LogP contribution in [0.25, 0.3) is 10.9 Å². The van der Waals surface area contributed by atoms with E-state index in [9.17, 15) is 14.9 Å². The van der Waals surface area contributed by atoms with E-state index in [0.717, 1.165) is 23.7 Å². The zero-order valence-corrected chi connectivity index (χ0v) is 16.3. The van der Waals surface area contributed by atoms with Crippen molar-refractivity contribution in [2.45, 2.75) is 25.3 Å². The van der Waals surface area contributed by atoms with Gasteiger partial charge in [-0.3, -0.25) is 19.9 Å². The second kappa shape index (κ2) is 8.77. The first kappa shape index (κ1) is 19.6. The van der Waals surface area contributed by atoms with Gasteiger partial charge >= 0.3 is 0 Å². The standard InChI is InChI=1S/C22H22N4O4/c27-22(25-17-8-9-17)16-7-10-18(19(14-16)26(28)29)23-12-3-13-30-20-6-1-4-15-5-2-11-24-21(15)20/h1-2,4-7,10-11,14,17,23H,3,8-9,12-13H2,(H,25,27). The predicted molar refractivity (Wildman–Crippen MR) is 114 cm³/mol. The Hall–Kier alpha value is -3.68. The van der Waals surface area contributed by atoms with Crippen LogP contribution in [0.3, 0.4) is 0 Å². The average Bonchev–Trinajstić information content (AvgIpc) is 3.57. The van der Waals surface area contributed by atoms with E-state index in [2.05, 4.69) is 15.6 Å². The first-order valence-corrected chi connectivity index (χ1v) is 9.91. The van der Waals surface area contributed by atoms with Gasteiger partial charge in [-0.05, 0) is 43.5 Å². The van der Waals surface area contributed by atoms with Gasteiger partial charge in [0, 0.05) is 35.8 Å². The van der Waals surface area contributed by atoms with Gasteiger partial charge in [-0.25, -0.2) is 0 Å². The Kier molecular flexibility index (Phi) is 5.74. The number of nitrogens with zero attached hydrogens (tertiary/aromatic N) is 2. The zero-order chi connectivity index (χ0) is 20.9. The van der Waals surface area contributed by atoms with Crippen molar-refractivity contribution in [1.82, 2.24) is 10.3 Å². The summed E-state index contributed by atoms with van der Waals surface area (Å²) >= 11 is 0. The summed E-state index contributed by atoms with van der Waals surface area (Å²) in [5.74, 6) is 0.439. The number of carbonyl (C=O) groups is 1. The molecule has 1 amide bonds. The number of benzene rings is 2. The van der Waals surface area contributed by atoms with E-state index in [1.807, 2.05) is 30.3 Å². The van der Waals surface area contributed by atoms with Crippen molar-refractivity contribution in [1.29, 1.82) is 0 Å². The van der Waals surface area contributed by atoms with Crippen molar-refractivity contribution in [3.05, 3.63) is 70.4 Å². The van der Waals surface area contributed by atoms with E-state index in [1.54, 1.807) is 18.3 Å². The van der Waals surface area contributed by atoms with Gasteiger partial charge in [-0.1, -0.05) is 18.2 Å². The van der Waals surface area contributed by atoms with Crippen LogP contribution in [0.5, 0.6) is 5.75 Å². The van der Waals surface area contributed by atoms with E-state index in [0.29, 0.717) is 36.6 Å². The van der Waals surface area contributed by atoms with Gasteiger partial charge in [-0.2, -0.15) is 0 Å². The molecule has 4 rings (SSSR count). The van der Waals surface area contributed by atoms with Gasteiger partial charge in [-0.15, -0.1) is 0 Å². The van der Waals surface area contributed by atoms with Gasteiger partial charge < -0.3 is 15.4 Å². The molecule has 2 aromatic carbocycles. The molecule has 8 heteroatoms. The molecule has 0 radical (unpaired) electrons. The third kappa shape index (κ3) is 4.65. The lowest BCUT2D eigenvalue weighted by atomic mass is 10.1. The Morgan fingerprint density at radius 1 is 1.20 bits per heavy atom. The quantitative estimate of drug-likeness (QED) is 0.317. The molecule has 1 aliphatic rings. The van der Waals surface area contributed by atoms with E-state index in [4.69, 9.17) is 4.74 Å². The lowest BCUT2D eigenvalue weighted by Gasteiger charge is -2.11. The number of ether oxygens (including phenoxy) is 1. The normalized spacial score (nSPS) is 13.1. The molecule has 0 saturated heterocycles. The number of pyridine rings is 1. The van der Waals surface area contributed by atoms with Crippen LogP contribution < -0.4 is 15.4 Å². The molecule has 154 valence electrons. The number of amides is 1. The lowest BCUT2D eigenvalue weighted by Crippen LogP contribution is -2.25. The Morgan fingerprint density at radius 2 is 2.03 bits per heavy atom. The molecular formula is C22H22N4O4. The van der Waals surface area contributed by atoms with E-state index >= 15 is 0 Å². The molecule has 0 unspecified atom stereocenters. The van der Waals surface area contributed by atoms with Crippen LogP contribution >= 0.6 is 0 Å². The highest BCUT2D eigenvalue weighted by Gasteiger charge is 2.25. The molecule has 1 aromatic heterocycles. The number of para-hydroxylation sites is 1. The first-order valence-electron chi connectivity index (χ1n) is 9.91. The van der Waals surface area contributed by atoms with Crippen molar-refractivity contribution < 1.29 is 14.5 Å². The van der Waals surface area contributed by atoms with Gasteiger partial charge in [0.15, 0.2) is 0 Å². The van der Waals surface area contributed by atoms with E-state index < -0.39 is 4.92 Å². The highest BCUT2D eigenvalue weighted by molar-refractivity contribution is 5.96. The molecule has 0 spiro atoms. The van der Waals surface area contributed by atoms with Gasteiger partial charge in [0.25, 0.3) is 11.6 Å². The maximum Gasteiger partial charge on any atom is 0.293 e. The number of fused-ring (bicyclic) bond motifs is 1. The molecule has 3 aromatic rings. The van der Waals surface area contributed by atoms with Gasteiger partial charge in [0.2, 0.25) is 0 Å². The number of carbonyl (C=O) groups excluding carboxylic acids is 1. The SMILES string of the molecule is O=C(NC1CC1)c1ccc(NCCCOc2cccc3cccnc23)c([N+](=O)[O-])c1. The Balaban J connectivity index is 1.33. The summed E-state index contributed by atoms with van der Waals surface area (Å²) < 4.78 is 5.84. The van der Waals surface area contributed by atoms with Crippen LogP contribution in [0, 0.1) is 10.1 Å². The van der Waals surface area contributed by atoms with E-state index in [-0.39, 0.29) is 17.6 Å². The highest BCUT2D eigenvalue weighted by Crippen LogP contribution is 2.27. The molecule has 8 nitrogen and oxygen atoms in total. The third-order valence-corrected chi connectivity index (χ3v) is 4.86. The molecule has 0 bridgehead atoms. The number of hydrogen-bond donors (Lipinski definition) is 2. The van der Waals surface area contributed by atoms with Gasteiger partial charge in [0.05, 0.1) is 11.5 Å². The Labute approximate surface area is 173 Å². The molecule has 0 atom stereocenters. The summed E-state index contributed by atoms with van der Waals surface area (Å²) in [6.07, 6.45) is 4.30. The third-order valence-electron chi connectivity index (χ3n) is 4.86. The van der Waals surface area contributed by atoms with Crippen molar-refractivity contribution in [2.24, 2.45) is 0 Å². The summed E-state index contributed by atoms with van der Waals surface area (Å²) in [4.78, 5) is 27.4. The fraction of sp³-hybridized carbons (Fsp3) is 0.273. The van der Waals surface area contributed by atoms with Crippen molar-refractivity contribution in [2.75, 3.05) is 18.5 Å². The van der Waals surface area contributed by atoms with Crippen LogP contribution in [-0.2, 0) is 0 Å². The topological polar surface area (TPSA) is 106 Å². The zero-order valence-electron chi connectivity index (χ0n) is 16.3. The fourth-order valence-electron chi connectivity index (χ4n) is 3.14. The lowest BCUT2D eigenvalue weighted by molar-refractivity contribution is -0.384. The summed E-state index contributed by atoms with van der Waals surface area (Å²) in [7, 11) is 0. The van der Waals surface area contributed by atoms with Crippen LogP contribution in [0.2, 0.25) is 0 Å². The summed E-state index contributed by atoms with van der Waals surface area (Å²) in [6, 6.07) is 14.3. The Morgan fingerprint density at radius 3 is 2.83 bits per heavy atom. The Bertz CT molecular complexity index is 1080. The van der Waals surface area contributed by atoms with Crippen LogP contribution in [0.4, 0.5) is 11.4 Å². The maximum atomic E-state index is 12.1. The number of nitro benzene ring substituents is 1. The summed E-state index contributed by atoms with van der Waals surface area (Å²) in [6.45, 7) is 0.936. The van der Waals surface area contributed by atoms with Crippen molar-refractivity contribution >= 4 is 28.2 Å². The highest BCUT2D eigenvalue weighted by atomic mass is 16.6. The second-order valence-corrected chi connectivity index (χ2v) is 7.20. The molecular weight excluding hydrogens is 384 g/mol. The monoisotopic (exact) mass is 406 g/mol. The number of aromatic nitrogens is 1. The molecule has 1 saturated carbocycles. The number of rotatable bonds is 9. The summed E-state index contributed by atoms with van der Waals surface area (Å²) in [5, 5.41) is 18.3. The smallest absolute Gasteiger partial charge is 0.293 e. The molecule has 30 heavy (non-hydrogen) atoms. The van der Waals surface area contributed by atoms with Crippen LogP contribution in [0.1, 0.15) is 29.6 Å². The number of anilines is 1. The van der Waals surface area contributed by atoms with Crippen molar-refractivity contribution in [3.63, 3.8) is 0 Å². The van der Waals surface area contributed by atoms with Gasteiger partial charge in [0.1, 0.15) is 17.0 Å². The van der Waals surface area contributed by atoms with Crippen LogP contribution in [0.15, 0.2) is 54.7 Å². The minimum atomic E-state index is -0.478. The number of hydrogen-bond acceptors (Lipinski definition) is 6. The summed E-state index contributed by atoms with van der Waals surface area (Å²) in [5.41, 5.74) is 1.38. The number of nitro groups is 1. The minimum Gasteiger partial charge on any atom is -0.491 e. The largest absolute Gasteiger partial charge is 0.491 e. The molecule has 1 fully saturated rings.